The van der Waals surface area contributed by atoms with Crippen LogP contribution in [-0.2, 0) is 6.42 Å². The van der Waals surface area contributed by atoms with Gasteiger partial charge >= 0.3 is 0 Å². The summed E-state index contributed by atoms with van der Waals surface area (Å²) in [6.45, 7) is 0.264. The molecule has 16 heavy (non-hydrogen) atoms. The van der Waals surface area contributed by atoms with Crippen LogP contribution >= 0.6 is 34.3 Å². The fourth-order valence-corrected chi connectivity index (χ4v) is 3.20. The molecule has 1 atom stereocenters. The first kappa shape index (κ1) is 12.0. The van der Waals surface area contributed by atoms with Gasteiger partial charge in [0.2, 0.25) is 0 Å². The van der Waals surface area contributed by atoms with Crippen molar-refractivity contribution in [1.82, 2.24) is 4.98 Å². The van der Waals surface area contributed by atoms with Crippen LogP contribution in [-0.4, -0.2) is 22.7 Å². The maximum Gasteiger partial charge on any atom is 0.0959 e. The number of thiazole rings is 1. The molecule has 0 aliphatic heterocycles. The monoisotopic (exact) mass is 274 g/mol. The van der Waals surface area contributed by atoms with Crippen molar-refractivity contribution in [3.63, 3.8) is 0 Å². The number of nitrogens with two attached hydrogens (primary N) is 1. The fraction of sp³-hybridized carbons (Fsp3) is 0.300. The standard InChI is InChI=1S/C10H11ClN2OS2/c11-9-2-1-8(16-9)7-5-15-10(13-7)3-6(14)4-12/h1-2,5-6,14H,3-4,12H2. The molecule has 2 aromatic heterocycles. The van der Waals surface area contributed by atoms with Gasteiger partial charge in [0.1, 0.15) is 0 Å². The molecular formula is C10H11ClN2OS2. The van der Waals surface area contributed by atoms with Crippen LogP contribution in [0.15, 0.2) is 17.5 Å². The van der Waals surface area contributed by atoms with E-state index in [4.69, 9.17) is 17.3 Å². The molecule has 0 aromatic carbocycles. The number of aliphatic hydroxyl groups excluding tert-OH is 1. The SMILES string of the molecule is NCC(O)Cc1nc(-c2ccc(Cl)s2)cs1. The van der Waals surface area contributed by atoms with Crippen molar-refractivity contribution >= 4 is 34.3 Å². The van der Waals surface area contributed by atoms with Crippen molar-refractivity contribution in [1.29, 1.82) is 0 Å². The largest absolute Gasteiger partial charge is 0.391 e. The van der Waals surface area contributed by atoms with E-state index in [9.17, 15) is 5.11 Å². The van der Waals surface area contributed by atoms with E-state index in [0.29, 0.717) is 6.42 Å². The van der Waals surface area contributed by atoms with Gasteiger partial charge in [-0.25, -0.2) is 4.98 Å². The van der Waals surface area contributed by atoms with Crippen LogP contribution in [0, 0.1) is 0 Å². The van der Waals surface area contributed by atoms with E-state index in [1.807, 2.05) is 17.5 Å². The summed E-state index contributed by atoms with van der Waals surface area (Å²) in [6, 6.07) is 3.81. The average Bonchev–Trinajstić information content (AvgIpc) is 2.87. The van der Waals surface area contributed by atoms with Gasteiger partial charge in [0.05, 0.1) is 26.0 Å². The number of thiophene rings is 1. The second-order valence-electron chi connectivity index (χ2n) is 3.32. The van der Waals surface area contributed by atoms with Crippen molar-refractivity contribution in [3.8, 4) is 10.6 Å². The molecule has 0 saturated carbocycles. The topological polar surface area (TPSA) is 59.1 Å². The minimum absolute atomic E-state index is 0.264. The molecule has 86 valence electrons. The van der Waals surface area contributed by atoms with E-state index in [1.54, 1.807) is 0 Å². The van der Waals surface area contributed by atoms with E-state index < -0.39 is 6.10 Å². The minimum Gasteiger partial charge on any atom is -0.391 e. The van der Waals surface area contributed by atoms with Crippen molar-refractivity contribution in [2.24, 2.45) is 5.73 Å². The molecule has 0 spiro atoms. The molecule has 0 saturated heterocycles. The lowest BCUT2D eigenvalue weighted by Crippen LogP contribution is -2.21. The molecule has 2 aromatic rings. The molecule has 6 heteroatoms. The van der Waals surface area contributed by atoms with Crippen molar-refractivity contribution in [2.45, 2.75) is 12.5 Å². The summed E-state index contributed by atoms with van der Waals surface area (Å²) in [4.78, 5) is 5.49. The Kier molecular flexibility index (Phi) is 3.94. The molecule has 3 nitrogen and oxygen atoms in total. The lowest BCUT2D eigenvalue weighted by molar-refractivity contribution is 0.183. The summed E-state index contributed by atoms with van der Waals surface area (Å²) in [6.07, 6.45) is 0.00576. The van der Waals surface area contributed by atoms with Gasteiger partial charge in [-0.2, -0.15) is 0 Å². The Hall–Kier alpha value is -0.460. The van der Waals surface area contributed by atoms with Gasteiger partial charge in [0, 0.05) is 18.3 Å². The summed E-state index contributed by atoms with van der Waals surface area (Å²) in [5.41, 5.74) is 6.27. The lowest BCUT2D eigenvalue weighted by atomic mass is 10.3. The van der Waals surface area contributed by atoms with Gasteiger partial charge in [0.25, 0.3) is 0 Å². The van der Waals surface area contributed by atoms with Crippen molar-refractivity contribution in [3.05, 3.63) is 26.9 Å². The molecule has 3 N–H and O–H groups in total. The van der Waals surface area contributed by atoms with Crippen LogP contribution in [0.2, 0.25) is 4.34 Å². The smallest absolute Gasteiger partial charge is 0.0959 e. The molecule has 0 bridgehead atoms. The zero-order valence-electron chi connectivity index (χ0n) is 8.39. The zero-order chi connectivity index (χ0) is 11.5. The average molecular weight is 275 g/mol. The predicted molar refractivity (Wildman–Crippen MR) is 69.2 cm³/mol. The Labute approximate surface area is 107 Å². The molecule has 0 fully saturated rings. The molecule has 1 unspecified atom stereocenters. The summed E-state index contributed by atoms with van der Waals surface area (Å²) in [5.74, 6) is 0. The lowest BCUT2D eigenvalue weighted by Gasteiger charge is -2.02. The highest BCUT2D eigenvalue weighted by Crippen LogP contribution is 2.31. The number of rotatable bonds is 4. The molecule has 2 rings (SSSR count). The second kappa shape index (κ2) is 5.25. The van der Waals surface area contributed by atoms with Gasteiger partial charge < -0.3 is 10.8 Å². The molecule has 2 heterocycles. The highest BCUT2D eigenvalue weighted by Gasteiger charge is 2.10. The third kappa shape index (κ3) is 2.81. The summed E-state index contributed by atoms with van der Waals surface area (Å²) >= 11 is 8.90. The first-order chi connectivity index (χ1) is 7.69. The second-order valence-corrected chi connectivity index (χ2v) is 5.98. The summed E-state index contributed by atoms with van der Waals surface area (Å²) < 4.78 is 0.756. The number of aromatic nitrogens is 1. The third-order valence-electron chi connectivity index (χ3n) is 2.06. The van der Waals surface area contributed by atoms with E-state index in [2.05, 4.69) is 4.98 Å². The highest BCUT2D eigenvalue weighted by atomic mass is 35.5. The maximum absolute atomic E-state index is 9.42. The quantitative estimate of drug-likeness (QED) is 0.900. The first-order valence-corrected chi connectivity index (χ1v) is 6.84. The van der Waals surface area contributed by atoms with Crippen LogP contribution in [0.4, 0.5) is 0 Å². The van der Waals surface area contributed by atoms with Crippen LogP contribution in [0.1, 0.15) is 5.01 Å². The normalized spacial score (nSPS) is 12.9. The van der Waals surface area contributed by atoms with Gasteiger partial charge in [-0.05, 0) is 12.1 Å². The molecule has 0 amide bonds. The van der Waals surface area contributed by atoms with Gasteiger partial charge in [-0.15, -0.1) is 22.7 Å². The maximum atomic E-state index is 9.42. The zero-order valence-corrected chi connectivity index (χ0v) is 10.8. The summed E-state index contributed by atoms with van der Waals surface area (Å²) in [5, 5.41) is 12.3. The Morgan fingerprint density at radius 3 is 2.94 bits per heavy atom. The minimum atomic E-state index is -0.508. The van der Waals surface area contributed by atoms with Crippen LogP contribution in [0.3, 0.4) is 0 Å². The number of nitrogens with zero attached hydrogens (tertiary/aromatic N) is 1. The Morgan fingerprint density at radius 2 is 2.31 bits per heavy atom. The third-order valence-corrected chi connectivity index (χ3v) is 4.18. The van der Waals surface area contributed by atoms with Gasteiger partial charge in [-0.3, -0.25) is 0 Å². The number of aliphatic hydroxyl groups is 1. The van der Waals surface area contributed by atoms with E-state index >= 15 is 0 Å². The van der Waals surface area contributed by atoms with Crippen molar-refractivity contribution in [2.75, 3.05) is 6.54 Å². The Balaban J connectivity index is 2.13. The summed E-state index contributed by atoms with van der Waals surface area (Å²) in [7, 11) is 0. The molecule has 0 aliphatic rings. The highest BCUT2D eigenvalue weighted by molar-refractivity contribution is 7.19. The van der Waals surface area contributed by atoms with Crippen molar-refractivity contribution < 1.29 is 5.11 Å². The molecule has 0 aliphatic carbocycles. The van der Waals surface area contributed by atoms with Crippen LogP contribution in [0.5, 0.6) is 0 Å². The number of hydrogen-bond donors (Lipinski definition) is 2. The van der Waals surface area contributed by atoms with Crippen LogP contribution in [0.25, 0.3) is 10.6 Å². The fourth-order valence-electron chi connectivity index (χ4n) is 1.25. The predicted octanol–water partition coefficient (Wildman–Crippen LogP) is 2.39. The Morgan fingerprint density at radius 1 is 1.50 bits per heavy atom. The first-order valence-electron chi connectivity index (χ1n) is 4.77. The Bertz CT molecular complexity index is 469. The van der Waals surface area contributed by atoms with E-state index in [1.165, 1.54) is 22.7 Å². The molecular weight excluding hydrogens is 264 g/mol. The van der Waals surface area contributed by atoms with E-state index in [0.717, 1.165) is 19.9 Å². The van der Waals surface area contributed by atoms with Gasteiger partial charge in [-0.1, -0.05) is 11.6 Å². The van der Waals surface area contributed by atoms with Gasteiger partial charge in [0.15, 0.2) is 0 Å². The molecule has 0 radical (unpaired) electrons. The van der Waals surface area contributed by atoms with Crippen LogP contribution < -0.4 is 5.73 Å². The number of halogens is 1. The number of hydrogen-bond acceptors (Lipinski definition) is 5. The van der Waals surface area contributed by atoms with E-state index in [-0.39, 0.29) is 6.54 Å².